The molecule has 16 heavy (non-hydrogen) atoms. The smallest absolute Gasteiger partial charge is 0.448 e. The predicted octanol–water partition coefficient (Wildman–Crippen LogP) is 4.14. The second kappa shape index (κ2) is 12.3. The Morgan fingerprint density at radius 2 is 1.44 bits per heavy atom. The van der Waals surface area contributed by atoms with Gasteiger partial charge in [0, 0.05) is 0 Å². The van der Waals surface area contributed by atoms with Crippen molar-refractivity contribution in [3.8, 4) is 0 Å². The van der Waals surface area contributed by atoms with E-state index in [2.05, 4.69) is 16.7 Å². The number of rotatable bonds is 11. The van der Waals surface area contributed by atoms with E-state index in [1.165, 1.54) is 44.9 Å². The molecule has 0 unspecified atom stereocenters. The predicted molar refractivity (Wildman–Crippen MR) is 62.3 cm³/mol. The van der Waals surface area contributed by atoms with Gasteiger partial charge in [0.05, 0.1) is 6.61 Å². The van der Waals surface area contributed by atoms with Gasteiger partial charge in [0.1, 0.15) is 0 Å². The standard InChI is InChI=1S/C12H24O4/c1-2-3-4-5-6-7-8-9-10-11-15-16-12(13)14/h2-11H2,1H3,(H,13,14). The van der Waals surface area contributed by atoms with Gasteiger partial charge >= 0.3 is 6.16 Å². The minimum atomic E-state index is -1.38. The molecule has 0 rings (SSSR count). The normalized spacial score (nSPS) is 10.3. The minimum Gasteiger partial charge on any atom is -0.448 e. The van der Waals surface area contributed by atoms with Crippen LogP contribution in [0.5, 0.6) is 0 Å². The van der Waals surface area contributed by atoms with Gasteiger partial charge in [-0.3, -0.25) is 4.89 Å². The molecule has 0 heterocycles. The molecule has 96 valence electrons. The molecule has 0 spiro atoms. The van der Waals surface area contributed by atoms with E-state index in [-0.39, 0.29) is 0 Å². The van der Waals surface area contributed by atoms with Gasteiger partial charge in [-0.1, -0.05) is 58.3 Å². The van der Waals surface area contributed by atoms with Crippen LogP contribution in [-0.4, -0.2) is 17.9 Å². The second-order valence-electron chi connectivity index (χ2n) is 4.00. The zero-order valence-corrected chi connectivity index (χ0v) is 10.2. The Bertz CT molecular complexity index is 159. The molecule has 0 amide bonds. The van der Waals surface area contributed by atoms with Crippen LogP contribution in [0.2, 0.25) is 0 Å². The average Bonchev–Trinajstić information content (AvgIpc) is 2.25. The monoisotopic (exact) mass is 232 g/mol. The highest BCUT2D eigenvalue weighted by Gasteiger charge is 1.97. The van der Waals surface area contributed by atoms with E-state index in [1.807, 2.05) is 0 Å². The van der Waals surface area contributed by atoms with Crippen LogP contribution >= 0.6 is 0 Å². The van der Waals surface area contributed by atoms with Crippen molar-refractivity contribution in [1.82, 2.24) is 0 Å². The molecule has 0 aliphatic rings. The fourth-order valence-electron chi connectivity index (χ4n) is 1.56. The summed E-state index contributed by atoms with van der Waals surface area (Å²) in [6.45, 7) is 2.58. The zero-order chi connectivity index (χ0) is 12.1. The Hall–Kier alpha value is -0.770. The summed E-state index contributed by atoms with van der Waals surface area (Å²) in [5, 5.41) is 8.11. The largest absolute Gasteiger partial charge is 0.537 e. The molecule has 0 atom stereocenters. The first-order valence-corrected chi connectivity index (χ1v) is 6.29. The quantitative estimate of drug-likeness (QED) is 0.330. The van der Waals surface area contributed by atoms with Gasteiger partial charge in [-0.15, -0.1) is 0 Å². The molecule has 0 fully saturated rings. The summed E-state index contributed by atoms with van der Waals surface area (Å²) in [7, 11) is 0. The topological polar surface area (TPSA) is 55.8 Å². The molecule has 4 nitrogen and oxygen atoms in total. The first-order chi connectivity index (χ1) is 7.77. The van der Waals surface area contributed by atoms with Gasteiger partial charge in [0.2, 0.25) is 0 Å². The number of unbranched alkanes of at least 4 members (excludes halogenated alkanes) is 8. The lowest BCUT2D eigenvalue weighted by Gasteiger charge is -2.01. The summed E-state index contributed by atoms with van der Waals surface area (Å²) in [4.78, 5) is 18.3. The Balaban J connectivity index is 2.90. The molecule has 1 N–H and O–H groups in total. The molecule has 4 heteroatoms. The van der Waals surface area contributed by atoms with Crippen LogP contribution < -0.4 is 0 Å². The van der Waals surface area contributed by atoms with Crippen molar-refractivity contribution in [1.29, 1.82) is 0 Å². The van der Waals surface area contributed by atoms with E-state index < -0.39 is 6.16 Å². The molecule has 0 saturated carbocycles. The SMILES string of the molecule is CCCCCCCCCCCOOC(=O)O. The lowest BCUT2D eigenvalue weighted by Crippen LogP contribution is -2.02. The number of carboxylic acid groups (broad SMARTS) is 1. The van der Waals surface area contributed by atoms with Crippen molar-refractivity contribution in [3.63, 3.8) is 0 Å². The van der Waals surface area contributed by atoms with Gasteiger partial charge in [0.15, 0.2) is 0 Å². The van der Waals surface area contributed by atoms with E-state index in [9.17, 15) is 4.79 Å². The van der Waals surface area contributed by atoms with Crippen LogP contribution in [0.3, 0.4) is 0 Å². The Morgan fingerprint density at radius 1 is 0.938 bits per heavy atom. The van der Waals surface area contributed by atoms with Gasteiger partial charge in [0.25, 0.3) is 0 Å². The van der Waals surface area contributed by atoms with Crippen LogP contribution in [0.4, 0.5) is 4.79 Å². The van der Waals surface area contributed by atoms with E-state index >= 15 is 0 Å². The van der Waals surface area contributed by atoms with Crippen molar-refractivity contribution >= 4 is 6.16 Å². The first-order valence-electron chi connectivity index (χ1n) is 6.29. The van der Waals surface area contributed by atoms with Crippen LogP contribution in [0.25, 0.3) is 0 Å². The summed E-state index contributed by atoms with van der Waals surface area (Å²) in [5.41, 5.74) is 0. The maximum absolute atomic E-state index is 9.91. The highest BCUT2D eigenvalue weighted by atomic mass is 17.2. The van der Waals surface area contributed by atoms with E-state index in [0.717, 1.165) is 12.8 Å². The summed E-state index contributed by atoms with van der Waals surface area (Å²) >= 11 is 0. The fourth-order valence-corrected chi connectivity index (χ4v) is 1.56. The number of carbonyl (C=O) groups is 1. The molecular formula is C12H24O4. The third-order valence-corrected chi connectivity index (χ3v) is 2.46. The Labute approximate surface area is 97.9 Å². The van der Waals surface area contributed by atoms with Gasteiger partial charge in [-0.05, 0) is 6.42 Å². The zero-order valence-electron chi connectivity index (χ0n) is 10.2. The molecule has 0 aliphatic heterocycles. The van der Waals surface area contributed by atoms with Crippen LogP contribution in [0.15, 0.2) is 0 Å². The van der Waals surface area contributed by atoms with E-state index in [1.54, 1.807) is 0 Å². The maximum Gasteiger partial charge on any atom is 0.537 e. The summed E-state index contributed by atoms with van der Waals surface area (Å²) in [5.74, 6) is 0. The molecule has 0 aromatic rings. The van der Waals surface area contributed by atoms with Crippen LogP contribution in [0, 0.1) is 0 Å². The van der Waals surface area contributed by atoms with E-state index in [0.29, 0.717) is 6.61 Å². The van der Waals surface area contributed by atoms with Crippen molar-refractivity contribution < 1.29 is 19.7 Å². The molecule has 0 aromatic heterocycles. The van der Waals surface area contributed by atoms with Crippen molar-refractivity contribution in [2.45, 2.75) is 64.7 Å². The summed E-state index contributed by atoms with van der Waals surface area (Å²) < 4.78 is 0. The molecule has 0 aliphatic carbocycles. The molecule has 0 bridgehead atoms. The highest BCUT2D eigenvalue weighted by Crippen LogP contribution is 2.09. The Kier molecular flexibility index (Phi) is 11.7. The third kappa shape index (κ3) is 13.2. The summed E-state index contributed by atoms with van der Waals surface area (Å²) in [6.07, 6.45) is 9.67. The van der Waals surface area contributed by atoms with Crippen molar-refractivity contribution in [3.05, 3.63) is 0 Å². The molecular weight excluding hydrogens is 208 g/mol. The van der Waals surface area contributed by atoms with Crippen molar-refractivity contribution in [2.75, 3.05) is 6.61 Å². The second-order valence-corrected chi connectivity index (χ2v) is 4.00. The van der Waals surface area contributed by atoms with Crippen LogP contribution in [-0.2, 0) is 9.78 Å². The third-order valence-electron chi connectivity index (χ3n) is 2.46. The van der Waals surface area contributed by atoms with Gasteiger partial charge < -0.3 is 5.11 Å². The Morgan fingerprint density at radius 3 is 1.94 bits per heavy atom. The fraction of sp³-hybridized carbons (Fsp3) is 0.917. The number of hydrogen-bond acceptors (Lipinski definition) is 3. The van der Waals surface area contributed by atoms with Gasteiger partial charge in [-0.2, -0.15) is 4.89 Å². The average molecular weight is 232 g/mol. The first kappa shape index (κ1) is 15.2. The van der Waals surface area contributed by atoms with Gasteiger partial charge in [-0.25, -0.2) is 4.79 Å². The molecule has 0 aromatic carbocycles. The lowest BCUT2D eigenvalue weighted by atomic mass is 10.1. The number of hydrogen-bond donors (Lipinski definition) is 1. The molecule has 0 saturated heterocycles. The molecule has 0 radical (unpaired) electrons. The highest BCUT2D eigenvalue weighted by molar-refractivity contribution is 5.55. The van der Waals surface area contributed by atoms with Crippen LogP contribution in [0.1, 0.15) is 64.7 Å². The lowest BCUT2D eigenvalue weighted by molar-refractivity contribution is -0.251. The van der Waals surface area contributed by atoms with E-state index in [4.69, 9.17) is 5.11 Å². The maximum atomic E-state index is 9.91. The summed E-state index contributed by atoms with van der Waals surface area (Å²) in [6, 6.07) is 0. The minimum absolute atomic E-state index is 0.363. The van der Waals surface area contributed by atoms with Crippen molar-refractivity contribution in [2.24, 2.45) is 0 Å².